The molecule has 1 saturated carbocycles. The summed E-state index contributed by atoms with van der Waals surface area (Å²) in [6, 6.07) is 6.21. The first kappa shape index (κ1) is 16.4. The van der Waals surface area contributed by atoms with Gasteiger partial charge in [0.15, 0.2) is 0 Å². The van der Waals surface area contributed by atoms with Crippen LogP contribution in [0.2, 0.25) is 0 Å². The van der Waals surface area contributed by atoms with Crippen molar-refractivity contribution in [1.82, 2.24) is 0 Å². The summed E-state index contributed by atoms with van der Waals surface area (Å²) in [4.78, 5) is 0. The second-order valence-electron chi connectivity index (χ2n) is 7.28. The average Bonchev–Trinajstić information content (AvgIpc) is 2.45. The monoisotopic (exact) mass is 290 g/mol. The lowest BCUT2D eigenvalue weighted by Crippen LogP contribution is -2.19. The van der Waals surface area contributed by atoms with Gasteiger partial charge in [0, 0.05) is 0 Å². The number of phenolic OH excluding ortho intramolecular Hbond substituents is 1. The van der Waals surface area contributed by atoms with Crippen LogP contribution >= 0.6 is 0 Å². The molecule has 2 N–H and O–H groups in total. The third kappa shape index (κ3) is 4.00. The van der Waals surface area contributed by atoms with Gasteiger partial charge < -0.3 is 10.2 Å². The minimum Gasteiger partial charge on any atom is -0.508 e. The molecule has 118 valence electrons. The molecule has 0 spiro atoms. The van der Waals surface area contributed by atoms with E-state index in [0.717, 1.165) is 37.7 Å². The third-order valence-corrected chi connectivity index (χ3v) is 5.05. The summed E-state index contributed by atoms with van der Waals surface area (Å²) in [7, 11) is 0. The van der Waals surface area contributed by atoms with Gasteiger partial charge in [-0.25, -0.2) is 0 Å². The lowest BCUT2D eigenvalue weighted by molar-refractivity contribution is 0.119. The fourth-order valence-corrected chi connectivity index (χ4v) is 3.52. The van der Waals surface area contributed by atoms with E-state index in [-0.39, 0.29) is 11.5 Å². The summed E-state index contributed by atoms with van der Waals surface area (Å²) in [5.41, 5.74) is 2.34. The minimum atomic E-state index is -0.205. The van der Waals surface area contributed by atoms with E-state index in [9.17, 15) is 10.2 Å². The van der Waals surface area contributed by atoms with Gasteiger partial charge in [0.2, 0.25) is 0 Å². The molecule has 2 rings (SSSR count). The zero-order valence-electron chi connectivity index (χ0n) is 13.7. The van der Waals surface area contributed by atoms with Crippen LogP contribution in [0.4, 0.5) is 0 Å². The summed E-state index contributed by atoms with van der Waals surface area (Å²) in [5, 5.41) is 20.3. The Morgan fingerprint density at radius 3 is 2.62 bits per heavy atom. The number of phenols is 1. The van der Waals surface area contributed by atoms with Gasteiger partial charge in [0.25, 0.3) is 0 Å². The van der Waals surface area contributed by atoms with Gasteiger partial charge in [-0.3, -0.25) is 0 Å². The highest BCUT2D eigenvalue weighted by molar-refractivity contribution is 5.41. The molecule has 0 aromatic heterocycles. The van der Waals surface area contributed by atoms with E-state index in [1.165, 1.54) is 18.4 Å². The SMILES string of the molecule is CCCCC(C)(C)c1ccc([C@@H]2CCC[C@H](O)C2)c(O)c1. The van der Waals surface area contributed by atoms with E-state index in [1.54, 1.807) is 0 Å². The number of unbranched alkanes of at least 4 members (excludes halogenated alkanes) is 1. The van der Waals surface area contributed by atoms with Gasteiger partial charge >= 0.3 is 0 Å². The first-order valence-electron chi connectivity index (χ1n) is 8.45. The van der Waals surface area contributed by atoms with Gasteiger partial charge in [0.05, 0.1) is 6.10 Å². The summed E-state index contributed by atoms with van der Waals surface area (Å²) in [6.07, 6.45) is 7.16. The van der Waals surface area contributed by atoms with Gasteiger partial charge in [0.1, 0.15) is 5.75 Å². The number of hydrogen-bond donors (Lipinski definition) is 2. The van der Waals surface area contributed by atoms with Crippen molar-refractivity contribution in [2.24, 2.45) is 0 Å². The van der Waals surface area contributed by atoms with E-state index in [1.807, 2.05) is 6.07 Å². The summed E-state index contributed by atoms with van der Waals surface area (Å²) >= 11 is 0. The number of hydrogen-bond acceptors (Lipinski definition) is 2. The number of benzene rings is 1. The molecule has 1 fully saturated rings. The van der Waals surface area contributed by atoms with Crippen LogP contribution in [0.3, 0.4) is 0 Å². The van der Waals surface area contributed by atoms with E-state index >= 15 is 0 Å². The molecule has 1 aliphatic carbocycles. The fourth-order valence-electron chi connectivity index (χ4n) is 3.52. The Balaban J connectivity index is 2.17. The molecule has 2 atom stereocenters. The van der Waals surface area contributed by atoms with Crippen molar-refractivity contribution in [3.8, 4) is 5.75 Å². The molecule has 0 heterocycles. The molecule has 0 amide bonds. The highest BCUT2D eigenvalue weighted by Crippen LogP contribution is 2.39. The maximum Gasteiger partial charge on any atom is 0.119 e. The van der Waals surface area contributed by atoms with Crippen molar-refractivity contribution in [3.05, 3.63) is 29.3 Å². The first-order valence-corrected chi connectivity index (χ1v) is 8.45. The minimum absolute atomic E-state index is 0.109. The van der Waals surface area contributed by atoms with Crippen LogP contribution < -0.4 is 0 Å². The van der Waals surface area contributed by atoms with Crippen LogP contribution in [0.25, 0.3) is 0 Å². The van der Waals surface area contributed by atoms with E-state index in [0.29, 0.717) is 11.7 Å². The second kappa shape index (κ2) is 6.83. The van der Waals surface area contributed by atoms with Crippen LogP contribution in [-0.4, -0.2) is 16.3 Å². The van der Waals surface area contributed by atoms with Crippen LogP contribution in [0.15, 0.2) is 18.2 Å². The Morgan fingerprint density at radius 1 is 1.24 bits per heavy atom. The predicted octanol–water partition coefficient (Wildman–Crippen LogP) is 4.88. The molecule has 2 nitrogen and oxygen atoms in total. The molecule has 21 heavy (non-hydrogen) atoms. The molecule has 1 aliphatic rings. The van der Waals surface area contributed by atoms with Crippen molar-refractivity contribution >= 4 is 0 Å². The zero-order chi connectivity index (χ0) is 15.5. The number of aromatic hydroxyl groups is 1. The lowest BCUT2D eigenvalue weighted by Gasteiger charge is -2.29. The largest absolute Gasteiger partial charge is 0.508 e. The lowest BCUT2D eigenvalue weighted by atomic mass is 9.77. The summed E-state index contributed by atoms with van der Waals surface area (Å²) < 4.78 is 0. The number of aliphatic hydroxyl groups excluding tert-OH is 1. The molecule has 1 aromatic carbocycles. The Hall–Kier alpha value is -1.02. The molecule has 2 heteroatoms. The Morgan fingerprint density at radius 2 is 2.00 bits per heavy atom. The highest BCUT2D eigenvalue weighted by atomic mass is 16.3. The molecule has 0 saturated heterocycles. The molecule has 0 bridgehead atoms. The number of rotatable bonds is 5. The van der Waals surface area contributed by atoms with Gasteiger partial charge in [-0.2, -0.15) is 0 Å². The topological polar surface area (TPSA) is 40.5 Å². The van der Waals surface area contributed by atoms with E-state index < -0.39 is 0 Å². The quantitative estimate of drug-likeness (QED) is 0.811. The maximum atomic E-state index is 10.4. The normalized spacial score (nSPS) is 23.2. The van der Waals surface area contributed by atoms with Crippen LogP contribution in [-0.2, 0) is 5.41 Å². The Bertz CT molecular complexity index is 465. The van der Waals surface area contributed by atoms with E-state index in [4.69, 9.17) is 0 Å². The summed E-state index contributed by atoms with van der Waals surface area (Å²) in [6.45, 7) is 6.72. The van der Waals surface area contributed by atoms with Crippen LogP contribution in [0, 0.1) is 0 Å². The Labute approximate surface area is 129 Å². The van der Waals surface area contributed by atoms with Crippen molar-refractivity contribution < 1.29 is 10.2 Å². The van der Waals surface area contributed by atoms with Crippen molar-refractivity contribution in [2.45, 2.75) is 83.2 Å². The van der Waals surface area contributed by atoms with Crippen molar-refractivity contribution in [3.63, 3.8) is 0 Å². The van der Waals surface area contributed by atoms with Crippen molar-refractivity contribution in [2.75, 3.05) is 0 Å². The molecular weight excluding hydrogens is 260 g/mol. The van der Waals surface area contributed by atoms with Gasteiger partial charge in [-0.1, -0.05) is 52.2 Å². The predicted molar refractivity (Wildman–Crippen MR) is 87.9 cm³/mol. The van der Waals surface area contributed by atoms with Gasteiger partial charge in [-0.15, -0.1) is 0 Å². The molecule has 1 aromatic rings. The smallest absolute Gasteiger partial charge is 0.119 e. The van der Waals surface area contributed by atoms with Gasteiger partial charge in [-0.05, 0) is 54.2 Å². The average molecular weight is 290 g/mol. The Kier molecular flexibility index (Phi) is 5.32. The molecule has 0 aliphatic heterocycles. The molecule has 0 radical (unpaired) electrons. The second-order valence-corrected chi connectivity index (χ2v) is 7.28. The highest BCUT2D eigenvalue weighted by Gasteiger charge is 2.26. The van der Waals surface area contributed by atoms with Crippen LogP contribution in [0.1, 0.15) is 82.8 Å². The standard InChI is InChI=1S/C19H30O2/c1-4-5-11-19(2,3)15-9-10-17(18(21)13-15)14-7-6-8-16(20)12-14/h9-10,13-14,16,20-21H,4-8,11-12H2,1-3H3/t14-,16+/m1/s1. The first-order chi connectivity index (χ1) is 9.94. The van der Waals surface area contributed by atoms with Crippen LogP contribution in [0.5, 0.6) is 5.75 Å². The number of aliphatic hydroxyl groups is 1. The molecular formula is C19H30O2. The molecule has 0 unspecified atom stereocenters. The van der Waals surface area contributed by atoms with Crippen molar-refractivity contribution in [1.29, 1.82) is 0 Å². The fraction of sp³-hybridized carbons (Fsp3) is 0.684. The summed E-state index contributed by atoms with van der Waals surface area (Å²) in [5.74, 6) is 0.720. The third-order valence-electron chi connectivity index (χ3n) is 5.05. The zero-order valence-corrected chi connectivity index (χ0v) is 13.7. The van der Waals surface area contributed by atoms with E-state index in [2.05, 4.69) is 32.9 Å². The maximum absolute atomic E-state index is 10.4.